The van der Waals surface area contributed by atoms with Crippen molar-refractivity contribution in [3.05, 3.63) is 95.6 Å². The van der Waals surface area contributed by atoms with E-state index >= 15 is 0 Å². The van der Waals surface area contributed by atoms with Gasteiger partial charge in [0.05, 0.1) is 30.3 Å². The van der Waals surface area contributed by atoms with Crippen LogP contribution >= 0.6 is 0 Å². The number of benzene rings is 3. The lowest BCUT2D eigenvalue weighted by molar-refractivity contribution is -0.121. The Morgan fingerprint density at radius 1 is 0.947 bits per heavy atom. The highest BCUT2D eigenvalue weighted by atomic mass is 32.2. The number of sulfonamides is 1. The Kier molecular flexibility index (Phi) is 9.85. The molecule has 10 nitrogen and oxygen atoms in total. The van der Waals surface area contributed by atoms with Crippen molar-refractivity contribution in [3.8, 4) is 0 Å². The van der Waals surface area contributed by atoms with E-state index in [0.29, 0.717) is 23.2 Å². The first kappa shape index (κ1) is 28.2. The molecule has 11 heteroatoms. The first-order chi connectivity index (χ1) is 18.2. The maximum absolute atomic E-state index is 13.4. The average molecular weight is 537 g/mol. The molecular weight excluding hydrogens is 508 g/mol. The van der Waals surface area contributed by atoms with Gasteiger partial charge >= 0.3 is 5.97 Å². The predicted octanol–water partition coefficient (Wildman–Crippen LogP) is 2.82. The third-order valence-corrected chi connectivity index (χ3v) is 7.22. The monoisotopic (exact) mass is 536 g/mol. The fourth-order valence-corrected chi connectivity index (χ4v) is 4.84. The van der Waals surface area contributed by atoms with Gasteiger partial charge in [-0.25, -0.2) is 18.6 Å². The minimum Gasteiger partial charge on any atom is -0.465 e. The van der Waals surface area contributed by atoms with E-state index in [0.717, 1.165) is 9.87 Å². The summed E-state index contributed by atoms with van der Waals surface area (Å²) in [6.45, 7) is 0.960. The number of hydrogen-bond acceptors (Lipinski definition) is 7. The summed E-state index contributed by atoms with van der Waals surface area (Å²) in [4.78, 5) is 35.4. The summed E-state index contributed by atoms with van der Waals surface area (Å²) in [5, 5.41) is 6.49. The maximum atomic E-state index is 13.4. The number of esters is 1. The van der Waals surface area contributed by atoms with Gasteiger partial charge in [-0.3, -0.25) is 9.59 Å². The minimum atomic E-state index is -4.04. The van der Waals surface area contributed by atoms with Gasteiger partial charge in [0, 0.05) is 19.2 Å². The molecule has 0 radical (unpaired) electrons. The Bertz CT molecular complexity index is 1390. The summed E-state index contributed by atoms with van der Waals surface area (Å²) in [6.07, 6.45) is 1.77. The predicted molar refractivity (Wildman–Crippen MR) is 143 cm³/mol. The smallest absolute Gasteiger partial charge is 0.337 e. The SMILES string of the molecule is COC(=O)c1ccc(/C=N/NC(=O)CN(CCc2ccccc2)S(=O)(=O)c2ccc(NC(C)=O)cc2)cc1. The number of carbonyl (C=O) groups excluding carboxylic acids is 3. The number of hydrazone groups is 1. The second-order valence-electron chi connectivity index (χ2n) is 8.19. The van der Waals surface area contributed by atoms with Crippen LogP contribution in [0.4, 0.5) is 5.69 Å². The Balaban J connectivity index is 1.72. The maximum Gasteiger partial charge on any atom is 0.337 e. The molecule has 3 rings (SSSR count). The second kappa shape index (κ2) is 13.3. The van der Waals surface area contributed by atoms with Crippen LogP contribution in [0.3, 0.4) is 0 Å². The third-order valence-electron chi connectivity index (χ3n) is 5.36. The molecule has 0 atom stereocenters. The normalized spacial score (nSPS) is 11.3. The van der Waals surface area contributed by atoms with Gasteiger partial charge in [-0.1, -0.05) is 42.5 Å². The Morgan fingerprint density at radius 2 is 1.61 bits per heavy atom. The summed E-state index contributed by atoms with van der Waals surface area (Å²) in [5.41, 5.74) is 4.71. The fraction of sp³-hybridized carbons (Fsp3) is 0.185. The first-order valence-electron chi connectivity index (χ1n) is 11.6. The molecule has 198 valence electrons. The van der Waals surface area contributed by atoms with Crippen molar-refractivity contribution in [2.75, 3.05) is 25.5 Å². The van der Waals surface area contributed by atoms with Crippen molar-refractivity contribution in [3.63, 3.8) is 0 Å². The summed E-state index contributed by atoms with van der Waals surface area (Å²) in [7, 11) is -2.75. The van der Waals surface area contributed by atoms with Crippen LogP contribution in [-0.4, -0.2) is 56.9 Å². The molecular formula is C27H28N4O6S. The summed E-state index contributed by atoms with van der Waals surface area (Å²) >= 11 is 0. The minimum absolute atomic E-state index is 0.0124. The Morgan fingerprint density at radius 3 is 2.21 bits per heavy atom. The molecule has 0 aromatic heterocycles. The van der Waals surface area contributed by atoms with Crippen LogP contribution in [-0.2, 0) is 30.8 Å². The number of ether oxygens (including phenoxy) is 1. The van der Waals surface area contributed by atoms with E-state index in [-0.39, 0.29) is 17.3 Å². The lowest BCUT2D eigenvalue weighted by Crippen LogP contribution is -2.40. The number of rotatable bonds is 11. The molecule has 2 N–H and O–H groups in total. The summed E-state index contributed by atoms with van der Waals surface area (Å²) < 4.78 is 32.6. The number of carbonyl (C=O) groups is 3. The van der Waals surface area contributed by atoms with Crippen LogP contribution in [0.2, 0.25) is 0 Å². The molecule has 0 heterocycles. The van der Waals surface area contributed by atoms with E-state index in [9.17, 15) is 22.8 Å². The number of nitrogens with one attached hydrogen (secondary N) is 2. The summed E-state index contributed by atoms with van der Waals surface area (Å²) in [5.74, 6) is -1.37. The van der Waals surface area contributed by atoms with Gasteiger partial charge in [0.25, 0.3) is 5.91 Å². The lowest BCUT2D eigenvalue weighted by atomic mass is 10.1. The van der Waals surface area contributed by atoms with Crippen molar-refractivity contribution in [1.82, 2.24) is 9.73 Å². The highest BCUT2D eigenvalue weighted by molar-refractivity contribution is 7.89. The average Bonchev–Trinajstić information content (AvgIpc) is 2.91. The summed E-state index contributed by atoms with van der Waals surface area (Å²) in [6, 6.07) is 21.4. The lowest BCUT2D eigenvalue weighted by Gasteiger charge is -2.21. The topological polar surface area (TPSA) is 134 Å². The molecule has 38 heavy (non-hydrogen) atoms. The van der Waals surface area contributed by atoms with Gasteiger partial charge in [0.15, 0.2) is 0 Å². The number of amides is 2. The van der Waals surface area contributed by atoms with Crippen molar-refractivity contribution in [2.24, 2.45) is 5.10 Å². The van der Waals surface area contributed by atoms with Crippen molar-refractivity contribution in [2.45, 2.75) is 18.2 Å². The van der Waals surface area contributed by atoms with Crippen LogP contribution in [0.1, 0.15) is 28.4 Å². The second-order valence-corrected chi connectivity index (χ2v) is 10.1. The van der Waals surface area contributed by atoms with Crippen LogP contribution < -0.4 is 10.7 Å². The van der Waals surface area contributed by atoms with E-state index < -0.39 is 28.4 Å². The number of nitrogens with zero attached hydrogens (tertiary/aromatic N) is 2. The van der Waals surface area contributed by atoms with Gasteiger partial charge in [-0.15, -0.1) is 0 Å². The Labute approximate surface area is 221 Å². The van der Waals surface area contributed by atoms with E-state index in [1.54, 1.807) is 24.3 Å². The standard InChI is InChI=1S/C27H28N4O6S/c1-20(32)29-24-12-14-25(15-13-24)38(35,36)31(17-16-21-6-4-3-5-7-21)19-26(33)30-28-18-22-8-10-23(11-9-22)27(34)37-2/h3-15,18H,16-17,19H2,1-2H3,(H,29,32)(H,30,33)/b28-18+. The molecule has 0 unspecified atom stereocenters. The van der Waals surface area contributed by atoms with Crippen molar-refractivity contribution < 1.29 is 27.5 Å². The molecule has 0 aliphatic rings. The molecule has 0 aliphatic heterocycles. The zero-order chi connectivity index (χ0) is 27.5. The molecule has 0 saturated heterocycles. The van der Waals surface area contributed by atoms with Crippen LogP contribution in [0, 0.1) is 0 Å². The molecule has 0 fully saturated rings. The van der Waals surface area contributed by atoms with Crippen LogP contribution in [0.25, 0.3) is 0 Å². The molecule has 0 bridgehead atoms. The van der Waals surface area contributed by atoms with Gasteiger partial charge in [0.1, 0.15) is 0 Å². The zero-order valence-electron chi connectivity index (χ0n) is 21.0. The number of methoxy groups -OCH3 is 1. The van der Waals surface area contributed by atoms with E-state index in [4.69, 9.17) is 0 Å². The van der Waals surface area contributed by atoms with Crippen molar-refractivity contribution >= 4 is 39.7 Å². The first-order valence-corrected chi connectivity index (χ1v) is 13.0. The van der Waals surface area contributed by atoms with Crippen LogP contribution in [0.5, 0.6) is 0 Å². The van der Waals surface area contributed by atoms with E-state index in [1.807, 2.05) is 30.3 Å². The highest BCUT2D eigenvalue weighted by Crippen LogP contribution is 2.19. The third kappa shape index (κ3) is 8.08. The molecule has 0 aliphatic carbocycles. The van der Waals surface area contributed by atoms with Crippen molar-refractivity contribution in [1.29, 1.82) is 0 Å². The van der Waals surface area contributed by atoms with Gasteiger partial charge in [0.2, 0.25) is 15.9 Å². The zero-order valence-corrected chi connectivity index (χ0v) is 21.8. The molecule has 3 aromatic carbocycles. The van der Waals surface area contributed by atoms with E-state index in [1.165, 1.54) is 44.5 Å². The Hall–Kier alpha value is -4.35. The highest BCUT2D eigenvalue weighted by Gasteiger charge is 2.26. The number of hydrogen-bond donors (Lipinski definition) is 2. The van der Waals surface area contributed by atoms with E-state index in [2.05, 4.69) is 20.6 Å². The molecule has 0 spiro atoms. The number of anilines is 1. The van der Waals surface area contributed by atoms with Gasteiger partial charge in [-0.05, 0) is 53.9 Å². The van der Waals surface area contributed by atoms with Crippen LogP contribution in [0.15, 0.2) is 88.9 Å². The largest absolute Gasteiger partial charge is 0.465 e. The molecule has 2 amide bonds. The van der Waals surface area contributed by atoms with Gasteiger partial charge < -0.3 is 10.1 Å². The van der Waals surface area contributed by atoms with Gasteiger partial charge in [-0.2, -0.15) is 9.41 Å². The quantitative estimate of drug-likeness (QED) is 0.220. The molecule has 3 aromatic rings. The fourth-order valence-electron chi connectivity index (χ4n) is 3.44. The molecule has 0 saturated carbocycles.